The van der Waals surface area contributed by atoms with Gasteiger partial charge in [0, 0.05) is 38.1 Å². The Hall–Kier alpha value is -0.0300. The van der Waals surface area contributed by atoms with Crippen molar-refractivity contribution >= 4 is 30.7 Å². The first-order chi connectivity index (χ1) is 11.0. The number of fused-ring (bicyclic) bond motifs is 2. The van der Waals surface area contributed by atoms with E-state index in [1.165, 1.54) is 25.7 Å². The lowest BCUT2D eigenvalue weighted by molar-refractivity contribution is -0.133. The summed E-state index contributed by atoms with van der Waals surface area (Å²) in [6, 6.07) is 1.36. The number of rotatable bonds is 9. The van der Waals surface area contributed by atoms with Crippen LogP contribution in [0.25, 0.3) is 0 Å². The lowest BCUT2D eigenvalue weighted by Crippen LogP contribution is -2.43. The topological polar surface area (TPSA) is 35.6 Å². The molecule has 0 aromatic rings. The highest BCUT2D eigenvalue weighted by molar-refractivity contribution is 5.85. The molecule has 2 heterocycles. The van der Waals surface area contributed by atoms with Gasteiger partial charge in [-0.1, -0.05) is 27.7 Å². The lowest BCUT2D eigenvalue weighted by atomic mass is 9.89. The fourth-order valence-corrected chi connectivity index (χ4v) is 4.28. The van der Waals surface area contributed by atoms with Gasteiger partial charge in [-0.25, -0.2) is 0 Å². The van der Waals surface area contributed by atoms with Crippen LogP contribution in [0.15, 0.2) is 0 Å². The fraction of sp³-hybridized carbons (Fsp3) is 0.947. The summed E-state index contributed by atoms with van der Waals surface area (Å²) in [5.41, 5.74) is 0. The SMILES string of the molecule is CCN(CC)CCN(CC(C)C)C(=O)CC1CC2CCC(C1)N2.Cl.Cl. The molecular formula is C19H39Cl2N3O. The van der Waals surface area contributed by atoms with E-state index in [9.17, 15) is 4.79 Å². The zero-order chi connectivity index (χ0) is 16.8. The summed E-state index contributed by atoms with van der Waals surface area (Å²) in [4.78, 5) is 17.4. The van der Waals surface area contributed by atoms with Crippen LogP contribution in [0.1, 0.15) is 59.8 Å². The van der Waals surface area contributed by atoms with Gasteiger partial charge in [0.05, 0.1) is 0 Å². The summed E-state index contributed by atoms with van der Waals surface area (Å²) in [6.45, 7) is 13.7. The Kier molecular flexibility index (Phi) is 12.4. The van der Waals surface area contributed by atoms with E-state index in [0.29, 0.717) is 29.8 Å². The third-order valence-electron chi connectivity index (χ3n) is 5.55. The molecule has 2 rings (SSSR count). The number of halogens is 2. The molecular weight excluding hydrogens is 357 g/mol. The van der Waals surface area contributed by atoms with Gasteiger partial charge in [-0.2, -0.15) is 0 Å². The Morgan fingerprint density at radius 3 is 2.08 bits per heavy atom. The molecule has 2 atom stereocenters. The maximum atomic E-state index is 12.9. The minimum atomic E-state index is 0. The van der Waals surface area contributed by atoms with E-state index >= 15 is 0 Å². The number of likely N-dealkylation sites (N-methyl/N-ethyl adjacent to an activating group) is 1. The predicted octanol–water partition coefficient (Wildman–Crippen LogP) is 3.58. The maximum absolute atomic E-state index is 12.9. The summed E-state index contributed by atoms with van der Waals surface area (Å²) in [6.07, 6.45) is 5.79. The maximum Gasteiger partial charge on any atom is 0.222 e. The molecule has 2 fully saturated rings. The second-order valence-corrected chi connectivity index (χ2v) is 7.94. The van der Waals surface area contributed by atoms with Crippen LogP contribution in [0.3, 0.4) is 0 Å². The summed E-state index contributed by atoms with van der Waals surface area (Å²) in [5.74, 6) is 1.53. The van der Waals surface area contributed by atoms with E-state index in [-0.39, 0.29) is 24.8 Å². The first-order valence-corrected chi connectivity index (χ1v) is 9.77. The summed E-state index contributed by atoms with van der Waals surface area (Å²) < 4.78 is 0. The molecule has 1 amide bonds. The third-order valence-corrected chi connectivity index (χ3v) is 5.55. The summed E-state index contributed by atoms with van der Waals surface area (Å²) >= 11 is 0. The van der Waals surface area contributed by atoms with Gasteiger partial charge in [0.1, 0.15) is 0 Å². The van der Waals surface area contributed by atoms with E-state index in [2.05, 4.69) is 42.8 Å². The number of nitrogens with zero attached hydrogens (tertiary/aromatic N) is 2. The van der Waals surface area contributed by atoms with Gasteiger partial charge in [0.25, 0.3) is 0 Å². The van der Waals surface area contributed by atoms with E-state index in [1.807, 2.05) is 0 Å². The van der Waals surface area contributed by atoms with Gasteiger partial charge >= 0.3 is 0 Å². The molecule has 2 bridgehead atoms. The molecule has 25 heavy (non-hydrogen) atoms. The molecule has 2 saturated heterocycles. The highest BCUT2D eigenvalue weighted by Gasteiger charge is 2.34. The van der Waals surface area contributed by atoms with Crippen LogP contribution < -0.4 is 5.32 Å². The monoisotopic (exact) mass is 395 g/mol. The first kappa shape index (κ1) is 25.0. The standard InChI is InChI=1S/C19H37N3O.2ClH/c1-5-21(6-2)9-10-22(14-15(3)4)19(23)13-16-11-17-7-8-18(12-16)20-17;;/h15-18,20H,5-14H2,1-4H3;2*1H. The highest BCUT2D eigenvalue weighted by Crippen LogP contribution is 2.33. The molecule has 0 radical (unpaired) electrons. The average molecular weight is 396 g/mol. The van der Waals surface area contributed by atoms with Crippen molar-refractivity contribution in [1.29, 1.82) is 0 Å². The zero-order valence-corrected chi connectivity index (χ0v) is 18.1. The first-order valence-electron chi connectivity index (χ1n) is 9.77. The Bertz CT molecular complexity index is 366. The van der Waals surface area contributed by atoms with Gasteiger partial charge in [0.15, 0.2) is 0 Å². The van der Waals surface area contributed by atoms with E-state index in [1.54, 1.807) is 0 Å². The molecule has 2 aliphatic rings. The second-order valence-electron chi connectivity index (χ2n) is 7.94. The van der Waals surface area contributed by atoms with Crippen molar-refractivity contribution in [3.63, 3.8) is 0 Å². The van der Waals surface area contributed by atoms with Gasteiger partial charge < -0.3 is 15.1 Å². The molecule has 0 aliphatic carbocycles. The van der Waals surface area contributed by atoms with Crippen LogP contribution in [-0.4, -0.2) is 60.5 Å². The van der Waals surface area contributed by atoms with Gasteiger partial charge in [0.2, 0.25) is 5.91 Å². The molecule has 1 N–H and O–H groups in total. The van der Waals surface area contributed by atoms with Crippen molar-refractivity contribution in [1.82, 2.24) is 15.1 Å². The molecule has 2 aliphatic heterocycles. The van der Waals surface area contributed by atoms with Crippen LogP contribution in [0.2, 0.25) is 0 Å². The van der Waals surface area contributed by atoms with E-state index < -0.39 is 0 Å². The zero-order valence-electron chi connectivity index (χ0n) is 16.5. The smallest absolute Gasteiger partial charge is 0.222 e. The number of carbonyl (C=O) groups excluding carboxylic acids is 1. The van der Waals surface area contributed by atoms with Crippen molar-refractivity contribution < 1.29 is 4.79 Å². The van der Waals surface area contributed by atoms with E-state index in [0.717, 1.165) is 39.1 Å². The Labute approximate surface area is 167 Å². The van der Waals surface area contributed by atoms with E-state index in [4.69, 9.17) is 0 Å². The molecule has 6 heteroatoms. The predicted molar refractivity (Wildman–Crippen MR) is 111 cm³/mol. The van der Waals surface area contributed by atoms with Crippen LogP contribution in [0.5, 0.6) is 0 Å². The number of carbonyl (C=O) groups is 1. The summed E-state index contributed by atoms with van der Waals surface area (Å²) in [5, 5.41) is 3.68. The van der Waals surface area contributed by atoms with Crippen LogP contribution >= 0.6 is 24.8 Å². The minimum absolute atomic E-state index is 0. The Balaban J connectivity index is 0.00000288. The van der Waals surface area contributed by atoms with Crippen molar-refractivity contribution in [2.45, 2.75) is 71.9 Å². The molecule has 4 nitrogen and oxygen atoms in total. The van der Waals surface area contributed by atoms with Crippen LogP contribution in [0.4, 0.5) is 0 Å². The largest absolute Gasteiger partial charge is 0.341 e. The molecule has 0 aromatic heterocycles. The quantitative estimate of drug-likeness (QED) is 0.647. The van der Waals surface area contributed by atoms with Crippen molar-refractivity contribution in [3.05, 3.63) is 0 Å². The number of amides is 1. The van der Waals surface area contributed by atoms with Crippen molar-refractivity contribution in [3.8, 4) is 0 Å². The van der Waals surface area contributed by atoms with Crippen molar-refractivity contribution in [2.75, 3.05) is 32.7 Å². The third kappa shape index (κ3) is 8.03. The van der Waals surface area contributed by atoms with Gasteiger partial charge in [-0.05, 0) is 50.6 Å². The second kappa shape index (κ2) is 12.4. The Morgan fingerprint density at radius 1 is 1.04 bits per heavy atom. The van der Waals surface area contributed by atoms with Crippen molar-refractivity contribution in [2.24, 2.45) is 11.8 Å². The fourth-order valence-electron chi connectivity index (χ4n) is 4.28. The molecule has 2 unspecified atom stereocenters. The number of hydrogen-bond donors (Lipinski definition) is 1. The minimum Gasteiger partial charge on any atom is -0.341 e. The molecule has 150 valence electrons. The number of piperidine rings is 1. The van der Waals surface area contributed by atoms with Crippen LogP contribution in [-0.2, 0) is 4.79 Å². The molecule has 0 aromatic carbocycles. The average Bonchev–Trinajstić information content (AvgIpc) is 2.85. The molecule has 0 saturated carbocycles. The normalized spacial score (nSPS) is 24.8. The lowest BCUT2D eigenvalue weighted by Gasteiger charge is -2.32. The highest BCUT2D eigenvalue weighted by atomic mass is 35.5. The number of nitrogens with one attached hydrogen (secondary N) is 1. The van der Waals surface area contributed by atoms with Gasteiger partial charge in [-0.3, -0.25) is 4.79 Å². The number of hydrogen-bond acceptors (Lipinski definition) is 3. The summed E-state index contributed by atoms with van der Waals surface area (Å²) in [7, 11) is 0. The van der Waals surface area contributed by atoms with Gasteiger partial charge in [-0.15, -0.1) is 24.8 Å². The van der Waals surface area contributed by atoms with Crippen LogP contribution in [0, 0.1) is 11.8 Å². The molecule has 0 spiro atoms. The Morgan fingerprint density at radius 2 is 1.60 bits per heavy atom.